The highest BCUT2D eigenvalue weighted by Crippen LogP contribution is 2.46. The lowest BCUT2D eigenvalue weighted by atomic mass is 10.0. The maximum absolute atomic E-state index is 7.53. The van der Waals surface area contributed by atoms with Gasteiger partial charge in [-0.25, -0.2) is 0 Å². The Labute approximate surface area is 310 Å². The number of benzene rings is 8. The molecule has 0 saturated carbocycles. The SMILES string of the molecule is Clc1c(-c2cccc(N(c3ccccc3)c3ccccc3)c2)cccc1N(c1ccccc1)c1cccc(N(c2ccccc2)c2ccccc2)c1. The Hall–Kier alpha value is -6.55. The zero-order valence-corrected chi connectivity index (χ0v) is 29.3. The van der Waals surface area contributed by atoms with Gasteiger partial charge >= 0.3 is 0 Å². The molecule has 8 aromatic rings. The van der Waals surface area contributed by atoms with Gasteiger partial charge in [0.2, 0.25) is 0 Å². The van der Waals surface area contributed by atoms with Gasteiger partial charge in [-0.15, -0.1) is 0 Å². The van der Waals surface area contributed by atoms with E-state index >= 15 is 0 Å². The fourth-order valence-electron chi connectivity index (χ4n) is 6.71. The van der Waals surface area contributed by atoms with E-state index in [1.165, 1.54) is 0 Å². The molecule has 4 heteroatoms. The summed E-state index contributed by atoms with van der Waals surface area (Å²) in [6, 6.07) is 75.8. The van der Waals surface area contributed by atoms with Gasteiger partial charge in [0.1, 0.15) is 0 Å². The second-order valence-corrected chi connectivity index (χ2v) is 12.8. The van der Waals surface area contributed by atoms with Crippen LogP contribution in [0.25, 0.3) is 11.1 Å². The Morgan fingerprint density at radius 2 is 0.596 bits per heavy atom. The number of para-hydroxylation sites is 5. The van der Waals surface area contributed by atoms with Crippen LogP contribution in [0.1, 0.15) is 0 Å². The van der Waals surface area contributed by atoms with Gasteiger partial charge in [-0.3, -0.25) is 0 Å². The molecule has 0 saturated heterocycles. The summed E-state index contributed by atoms with van der Waals surface area (Å²) in [5.41, 5.74) is 11.3. The Balaban J connectivity index is 1.24. The van der Waals surface area contributed by atoms with Crippen LogP contribution in [0.4, 0.5) is 51.2 Å². The van der Waals surface area contributed by atoms with Crippen LogP contribution in [0.15, 0.2) is 218 Å². The predicted molar refractivity (Wildman–Crippen MR) is 221 cm³/mol. The fraction of sp³-hybridized carbons (Fsp3) is 0. The molecule has 250 valence electrons. The summed E-state index contributed by atoms with van der Waals surface area (Å²) in [6.45, 7) is 0. The van der Waals surface area contributed by atoms with E-state index in [4.69, 9.17) is 11.6 Å². The van der Waals surface area contributed by atoms with Crippen LogP contribution in [-0.2, 0) is 0 Å². The number of halogens is 1. The molecule has 0 heterocycles. The average molecular weight is 690 g/mol. The van der Waals surface area contributed by atoms with Crippen molar-refractivity contribution in [3.05, 3.63) is 223 Å². The molecule has 0 unspecified atom stereocenters. The number of anilines is 9. The number of rotatable bonds is 10. The maximum Gasteiger partial charge on any atom is 0.0725 e. The van der Waals surface area contributed by atoms with Crippen molar-refractivity contribution in [3.8, 4) is 11.1 Å². The normalized spacial score (nSPS) is 10.8. The van der Waals surface area contributed by atoms with Crippen molar-refractivity contribution >= 4 is 62.8 Å². The standard InChI is InChI=1S/C48H36ClN3/c49-48-46(37-19-16-30-43(35-37)50(38-20-6-1-7-21-38)39-22-8-2-9-23-39)33-18-34-47(48)52(42-28-14-5-15-29-42)45-32-17-31-44(36-45)51(40-24-10-3-11-25-40)41-26-12-4-13-27-41/h1-36H. The second-order valence-electron chi connectivity index (χ2n) is 12.4. The molecule has 0 fully saturated rings. The zero-order valence-electron chi connectivity index (χ0n) is 28.5. The van der Waals surface area contributed by atoms with Gasteiger partial charge in [0.25, 0.3) is 0 Å². The summed E-state index contributed by atoms with van der Waals surface area (Å²) >= 11 is 7.53. The number of nitrogens with zero attached hydrogens (tertiary/aromatic N) is 3. The minimum absolute atomic E-state index is 0.669. The molecular weight excluding hydrogens is 654 g/mol. The highest BCUT2D eigenvalue weighted by atomic mass is 35.5. The van der Waals surface area contributed by atoms with Gasteiger partial charge < -0.3 is 14.7 Å². The first-order valence-electron chi connectivity index (χ1n) is 17.4. The molecule has 0 bridgehead atoms. The maximum atomic E-state index is 7.53. The lowest BCUT2D eigenvalue weighted by molar-refractivity contribution is 1.25. The lowest BCUT2D eigenvalue weighted by Gasteiger charge is -2.30. The van der Waals surface area contributed by atoms with Crippen LogP contribution in [-0.4, -0.2) is 0 Å². The molecule has 3 nitrogen and oxygen atoms in total. The van der Waals surface area contributed by atoms with Crippen LogP contribution in [0, 0.1) is 0 Å². The number of hydrogen-bond donors (Lipinski definition) is 0. The van der Waals surface area contributed by atoms with Gasteiger partial charge in [-0.2, -0.15) is 0 Å². The van der Waals surface area contributed by atoms with Gasteiger partial charge in [0, 0.05) is 51.1 Å². The Morgan fingerprint density at radius 3 is 1.04 bits per heavy atom. The van der Waals surface area contributed by atoms with E-state index in [2.05, 4.69) is 203 Å². The molecule has 0 radical (unpaired) electrons. The third-order valence-electron chi connectivity index (χ3n) is 9.05. The number of hydrogen-bond acceptors (Lipinski definition) is 3. The highest BCUT2D eigenvalue weighted by molar-refractivity contribution is 6.36. The smallest absolute Gasteiger partial charge is 0.0725 e. The van der Waals surface area contributed by atoms with E-state index in [-0.39, 0.29) is 0 Å². The molecule has 0 N–H and O–H groups in total. The van der Waals surface area contributed by atoms with Crippen LogP contribution >= 0.6 is 11.6 Å². The van der Waals surface area contributed by atoms with Crippen molar-refractivity contribution in [2.75, 3.05) is 14.7 Å². The van der Waals surface area contributed by atoms with E-state index in [1.54, 1.807) is 0 Å². The summed E-state index contributed by atoms with van der Waals surface area (Å²) in [6.07, 6.45) is 0. The molecule has 52 heavy (non-hydrogen) atoms. The largest absolute Gasteiger partial charge is 0.310 e. The molecule has 0 spiro atoms. The summed E-state index contributed by atoms with van der Waals surface area (Å²) in [5.74, 6) is 0. The van der Waals surface area contributed by atoms with Crippen molar-refractivity contribution in [2.45, 2.75) is 0 Å². The van der Waals surface area contributed by atoms with Crippen LogP contribution in [0.2, 0.25) is 5.02 Å². The third-order valence-corrected chi connectivity index (χ3v) is 9.45. The summed E-state index contributed by atoms with van der Waals surface area (Å²) in [5, 5.41) is 0.669. The molecule has 8 aromatic carbocycles. The zero-order chi connectivity index (χ0) is 35.1. The van der Waals surface area contributed by atoms with Gasteiger partial charge in [-0.05, 0) is 103 Å². The van der Waals surface area contributed by atoms with Crippen molar-refractivity contribution in [1.82, 2.24) is 0 Å². The minimum Gasteiger partial charge on any atom is -0.310 e. The van der Waals surface area contributed by atoms with Crippen molar-refractivity contribution < 1.29 is 0 Å². The van der Waals surface area contributed by atoms with Gasteiger partial charge in [-0.1, -0.05) is 133 Å². The second kappa shape index (κ2) is 15.1. The molecule has 0 aliphatic rings. The molecule has 0 atom stereocenters. The van der Waals surface area contributed by atoms with Crippen LogP contribution < -0.4 is 14.7 Å². The van der Waals surface area contributed by atoms with Gasteiger partial charge in [0.05, 0.1) is 10.7 Å². The summed E-state index contributed by atoms with van der Waals surface area (Å²) < 4.78 is 0. The third kappa shape index (κ3) is 6.78. The highest BCUT2D eigenvalue weighted by Gasteiger charge is 2.21. The van der Waals surface area contributed by atoms with Crippen LogP contribution in [0.3, 0.4) is 0 Å². The molecule has 0 aliphatic carbocycles. The van der Waals surface area contributed by atoms with E-state index in [9.17, 15) is 0 Å². The monoisotopic (exact) mass is 689 g/mol. The Kier molecular flexibility index (Phi) is 9.50. The molecular formula is C48H36ClN3. The van der Waals surface area contributed by atoms with E-state index < -0.39 is 0 Å². The van der Waals surface area contributed by atoms with Crippen molar-refractivity contribution in [1.29, 1.82) is 0 Å². The van der Waals surface area contributed by atoms with Crippen molar-refractivity contribution in [3.63, 3.8) is 0 Å². The van der Waals surface area contributed by atoms with E-state index in [0.717, 1.165) is 62.3 Å². The quantitative estimate of drug-likeness (QED) is 0.141. The topological polar surface area (TPSA) is 9.72 Å². The van der Waals surface area contributed by atoms with E-state index in [0.29, 0.717) is 5.02 Å². The summed E-state index contributed by atoms with van der Waals surface area (Å²) in [7, 11) is 0. The predicted octanol–water partition coefficient (Wildman–Crippen LogP) is 14.4. The minimum atomic E-state index is 0.669. The van der Waals surface area contributed by atoms with E-state index in [1.807, 2.05) is 30.3 Å². The molecule has 8 rings (SSSR count). The lowest BCUT2D eigenvalue weighted by Crippen LogP contribution is -2.13. The Morgan fingerprint density at radius 1 is 0.269 bits per heavy atom. The first-order valence-corrected chi connectivity index (χ1v) is 17.8. The van der Waals surface area contributed by atoms with Crippen LogP contribution in [0.5, 0.6) is 0 Å². The first kappa shape index (κ1) is 32.6. The van der Waals surface area contributed by atoms with Crippen molar-refractivity contribution in [2.24, 2.45) is 0 Å². The Bertz CT molecular complexity index is 2290. The average Bonchev–Trinajstić information content (AvgIpc) is 3.21. The first-order chi connectivity index (χ1) is 25.7. The molecule has 0 aromatic heterocycles. The fourth-order valence-corrected chi connectivity index (χ4v) is 7.03. The summed E-state index contributed by atoms with van der Waals surface area (Å²) in [4.78, 5) is 6.79. The molecule has 0 aliphatic heterocycles. The van der Waals surface area contributed by atoms with Gasteiger partial charge in [0.15, 0.2) is 0 Å². The molecule has 0 amide bonds.